The molecule has 0 aliphatic carbocycles. The number of aromatic carboxylic acids is 1. The molecule has 1 aliphatic rings. The molecular formula is C28H31N3O5. The van der Waals surface area contributed by atoms with E-state index in [2.05, 4.69) is 42.9 Å². The molecule has 0 saturated carbocycles. The van der Waals surface area contributed by atoms with Crippen LogP contribution in [0.1, 0.15) is 61.1 Å². The maximum atomic E-state index is 12.9. The van der Waals surface area contributed by atoms with Gasteiger partial charge in [-0.3, -0.25) is 4.79 Å². The van der Waals surface area contributed by atoms with Gasteiger partial charge in [-0.25, -0.2) is 9.78 Å². The number of piperidine rings is 1. The van der Waals surface area contributed by atoms with E-state index in [9.17, 15) is 19.8 Å². The zero-order valence-electron chi connectivity index (χ0n) is 20.8. The number of ether oxygens (including phenoxy) is 1. The van der Waals surface area contributed by atoms with E-state index in [1.54, 1.807) is 4.90 Å². The Balaban J connectivity index is 1.43. The summed E-state index contributed by atoms with van der Waals surface area (Å²) < 4.78 is 5.55. The van der Waals surface area contributed by atoms with E-state index < -0.39 is 17.5 Å². The SMILES string of the molecule is CC(C)(C)c1ccc(N2CCC(Cc3nc(O)c(OCc4ccccc4)c(C(=O)O)n3)CC2=O)cc1. The smallest absolute Gasteiger partial charge is 0.358 e. The molecule has 2 aromatic carbocycles. The van der Waals surface area contributed by atoms with Gasteiger partial charge in [-0.1, -0.05) is 63.2 Å². The van der Waals surface area contributed by atoms with Crippen molar-refractivity contribution in [1.29, 1.82) is 0 Å². The van der Waals surface area contributed by atoms with Gasteiger partial charge in [0.15, 0.2) is 5.69 Å². The molecule has 188 valence electrons. The Bertz CT molecular complexity index is 1240. The summed E-state index contributed by atoms with van der Waals surface area (Å²) in [6, 6.07) is 17.3. The minimum Gasteiger partial charge on any atom is -0.491 e. The Morgan fingerprint density at radius 3 is 2.39 bits per heavy atom. The number of aromatic nitrogens is 2. The van der Waals surface area contributed by atoms with Gasteiger partial charge in [-0.05, 0) is 41.0 Å². The predicted molar refractivity (Wildman–Crippen MR) is 135 cm³/mol. The number of carbonyl (C=O) groups is 2. The van der Waals surface area contributed by atoms with Gasteiger partial charge < -0.3 is 19.8 Å². The number of carboxylic acid groups (broad SMARTS) is 1. The zero-order chi connectivity index (χ0) is 25.9. The molecule has 1 atom stereocenters. The number of amides is 1. The maximum absolute atomic E-state index is 12.9. The summed E-state index contributed by atoms with van der Waals surface area (Å²) in [6.07, 6.45) is 1.29. The minimum absolute atomic E-state index is 0.000234. The third kappa shape index (κ3) is 5.82. The molecule has 1 saturated heterocycles. The second-order valence-corrected chi connectivity index (χ2v) is 10.1. The van der Waals surface area contributed by atoms with E-state index in [0.29, 0.717) is 19.4 Å². The third-order valence-electron chi connectivity index (χ3n) is 6.36. The van der Waals surface area contributed by atoms with Crippen LogP contribution in [0.5, 0.6) is 11.6 Å². The van der Waals surface area contributed by atoms with E-state index >= 15 is 0 Å². The van der Waals surface area contributed by atoms with Crippen molar-refractivity contribution < 1.29 is 24.5 Å². The highest BCUT2D eigenvalue weighted by molar-refractivity contribution is 5.94. The first-order valence-corrected chi connectivity index (χ1v) is 12.0. The molecule has 3 aromatic rings. The number of carboxylic acids is 1. The van der Waals surface area contributed by atoms with E-state index in [1.165, 1.54) is 5.56 Å². The van der Waals surface area contributed by atoms with Crippen LogP contribution < -0.4 is 9.64 Å². The fourth-order valence-electron chi connectivity index (χ4n) is 4.33. The molecule has 1 fully saturated rings. The van der Waals surface area contributed by atoms with Crippen LogP contribution in [0, 0.1) is 5.92 Å². The third-order valence-corrected chi connectivity index (χ3v) is 6.36. The number of nitrogens with zero attached hydrogens (tertiary/aromatic N) is 3. The molecule has 1 aromatic heterocycles. The average Bonchev–Trinajstić information content (AvgIpc) is 2.83. The van der Waals surface area contributed by atoms with E-state index in [-0.39, 0.29) is 41.8 Å². The molecular weight excluding hydrogens is 458 g/mol. The van der Waals surface area contributed by atoms with Gasteiger partial charge in [0.25, 0.3) is 5.88 Å². The Labute approximate surface area is 210 Å². The number of anilines is 1. The number of hydrogen-bond donors (Lipinski definition) is 2. The molecule has 2 N–H and O–H groups in total. The second-order valence-electron chi connectivity index (χ2n) is 10.1. The van der Waals surface area contributed by atoms with Crippen molar-refractivity contribution in [3.8, 4) is 11.6 Å². The highest BCUT2D eigenvalue weighted by Crippen LogP contribution is 2.32. The van der Waals surface area contributed by atoms with Crippen molar-refractivity contribution in [1.82, 2.24) is 9.97 Å². The van der Waals surface area contributed by atoms with Crippen LogP contribution in [0.4, 0.5) is 5.69 Å². The fraction of sp³-hybridized carbons (Fsp3) is 0.357. The van der Waals surface area contributed by atoms with Crippen LogP contribution in [-0.4, -0.2) is 38.6 Å². The highest BCUT2D eigenvalue weighted by Gasteiger charge is 2.29. The number of rotatable bonds is 7. The Morgan fingerprint density at radius 2 is 1.78 bits per heavy atom. The van der Waals surface area contributed by atoms with Gasteiger partial charge >= 0.3 is 5.97 Å². The molecule has 0 radical (unpaired) electrons. The summed E-state index contributed by atoms with van der Waals surface area (Å²) in [5.74, 6) is -1.98. The molecule has 4 rings (SSSR count). The van der Waals surface area contributed by atoms with Gasteiger partial charge in [-0.2, -0.15) is 4.98 Å². The number of aromatic hydroxyl groups is 1. The number of benzene rings is 2. The lowest BCUT2D eigenvalue weighted by molar-refractivity contribution is -0.120. The van der Waals surface area contributed by atoms with Crippen molar-refractivity contribution in [2.75, 3.05) is 11.4 Å². The first-order valence-electron chi connectivity index (χ1n) is 12.0. The van der Waals surface area contributed by atoms with Gasteiger partial charge in [0.05, 0.1) is 0 Å². The van der Waals surface area contributed by atoms with E-state index in [4.69, 9.17) is 4.74 Å². The number of hydrogen-bond acceptors (Lipinski definition) is 6. The van der Waals surface area contributed by atoms with Crippen LogP contribution in [0.2, 0.25) is 0 Å². The van der Waals surface area contributed by atoms with Crippen molar-refractivity contribution >= 4 is 17.6 Å². The van der Waals surface area contributed by atoms with Crippen molar-refractivity contribution in [3.05, 3.63) is 77.2 Å². The predicted octanol–water partition coefficient (Wildman–Crippen LogP) is 4.74. The first kappa shape index (κ1) is 25.2. The molecule has 1 unspecified atom stereocenters. The van der Waals surface area contributed by atoms with Crippen LogP contribution >= 0.6 is 0 Å². The van der Waals surface area contributed by atoms with Gasteiger partial charge in [-0.15, -0.1) is 0 Å². The summed E-state index contributed by atoms with van der Waals surface area (Å²) in [7, 11) is 0. The maximum Gasteiger partial charge on any atom is 0.358 e. The average molecular weight is 490 g/mol. The largest absolute Gasteiger partial charge is 0.491 e. The monoisotopic (exact) mass is 489 g/mol. The molecule has 8 nitrogen and oxygen atoms in total. The van der Waals surface area contributed by atoms with Crippen LogP contribution in [0.25, 0.3) is 0 Å². The molecule has 1 amide bonds. The second kappa shape index (κ2) is 10.4. The summed E-state index contributed by atoms with van der Waals surface area (Å²) in [5.41, 5.74) is 2.54. The van der Waals surface area contributed by atoms with Crippen LogP contribution in [0.15, 0.2) is 54.6 Å². The summed E-state index contributed by atoms with van der Waals surface area (Å²) in [6.45, 7) is 7.07. The van der Waals surface area contributed by atoms with Crippen LogP contribution in [-0.2, 0) is 23.2 Å². The van der Waals surface area contributed by atoms with Crippen molar-refractivity contribution in [3.63, 3.8) is 0 Å². The van der Waals surface area contributed by atoms with Crippen molar-refractivity contribution in [2.24, 2.45) is 5.92 Å². The first-order chi connectivity index (χ1) is 17.1. The van der Waals surface area contributed by atoms with Gasteiger partial charge in [0.2, 0.25) is 11.7 Å². The molecule has 8 heteroatoms. The summed E-state index contributed by atoms with van der Waals surface area (Å²) in [5, 5.41) is 20.1. The normalized spacial score (nSPS) is 16.1. The molecule has 0 bridgehead atoms. The highest BCUT2D eigenvalue weighted by atomic mass is 16.5. The van der Waals surface area contributed by atoms with E-state index in [1.807, 2.05) is 42.5 Å². The lowest BCUT2D eigenvalue weighted by Crippen LogP contribution is -2.39. The Hall–Kier alpha value is -3.94. The Morgan fingerprint density at radius 1 is 1.08 bits per heavy atom. The lowest BCUT2D eigenvalue weighted by atomic mass is 9.87. The zero-order valence-corrected chi connectivity index (χ0v) is 20.8. The molecule has 2 heterocycles. The number of carbonyl (C=O) groups excluding carboxylic acids is 1. The summed E-state index contributed by atoms with van der Waals surface area (Å²) in [4.78, 5) is 34.8. The van der Waals surface area contributed by atoms with Gasteiger partial charge in [0, 0.05) is 25.1 Å². The molecule has 1 aliphatic heterocycles. The standard InChI is InChI=1S/C28H31N3O5/c1-28(2,3)20-9-11-21(12-10-20)31-14-13-19(16-23(31)32)15-22-29-24(27(34)35)25(26(33)30-22)36-17-18-7-5-4-6-8-18/h4-12,19H,13-17H2,1-3H3,(H,34,35)(H,29,30,33). The van der Waals surface area contributed by atoms with Crippen molar-refractivity contribution in [2.45, 2.75) is 52.1 Å². The minimum atomic E-state index is -1.32. The topological polar surface area (TPSA) is 113 Å². The molecule has 0 spiro atoms. The van der Waals surface area contributed by atoms with Crippen LogP contribution in [0.3, 0.4) is 0 Å². The molecule has 36 heavy (non-hydrogen) atoms. The Kier molecular flexibility index (Phi) is 7.24. The van der Waals surface area contributed by atoms with E-state index in [0.717, 1.165) is 11.3 Å². The lowest BCUT2D eigenvalue weighted by Gasteiger charge is -2.32. The van der Waals surface area contributed by atoms with Gasteiger partial charge in [0.1, 0.15) is 12.4 Å². The fourth-order valence-corrected chi connectivity index (χ4v) is 4.33. The quantitative estimate of drug-likeness (QED) is 0.493. The summed E-state index contributed by atoms with van der Waals surface area (Å²) >= 11 is 0.